The van der Waals surface area contributed by atoms with Gasteiger partial charge in [0.05, 0.1) is 27.4 Å². The maximum Gasteiger partial charge on any atom is 0.0774 e. The predicted molar refractivity (Wildman–Crippen MR) is 72.9 cm³/mol. The second-order valence-electron chi connectivity index (χ2n) is 4.67. The second-order valence-corrected chi connectivity index (χ2v) is 5.48. The summed E-state index contributed by atoms with van der Waals surface area (Å²) in [5.41, 5.74) is 6.81. The number of ether oxygens (including phenoxy) is 1. The number of hydrogen-bond donors (Lipinski definition) is 2. The summed E-state index contributed by atoms with van der Waals surface area (Å²) in [6, 6.07) is 3.39. The largest absolute Gasteiger partial charge is 0.399 e. The van der Waals surface area contributed by atoms with E-state index in [1.165, 1.54) is 0 Å². The van der Waals surface area contributed by atoms with Crippen LogP contribution in [0.4, 0.5) is 11.4 Å². The van der Waals surface area contributed by atoms with E-state index in [4.69, 9.17) is 33.7 Å². The summed E-state index contributed by atoms with van der Waals surface area (Å²) in [7, 11) is 0. The Bertz CT molecular complexity index is 416. The van der Waals surface area contributed by atoms with Gasteiger partial charge >= 0.3 is 0 Å². The van der Waals surface area contributed by atoms with Crippen molar-refractivity contribution in [3.63, 3.8) is 0 Å². The van der Waals surface area contributed by atoms with Crippen LogP contribution in [0.3, 0.4) is 0 Å². The lowest BCUT2D eigenvalue weighted by Crippen LogP contribution is -2.41. The smallest absolute Gasteiger partial charge is 0.0774 e. The van der Waals surface area contributed by atoms with Crippen molar-refractivity contribution >= 4 is 34.6 Å². The molecule has 5 heteroatoms. The molecular formula is C12H16Cl2N2O. The highest BCUT2D eigenvalue weighted by Gasteiger charge is 2.37. The zero-order valence-electron chi connectivity index (χ0n) is 9.89. The van der Waals surface area contributed by atoms with E-state index in [0.717, 1.165) is 18.7 Å². The van der Waals surface area contributed by atoms with Gasteiger partial charge in [0.15, 0.2) is 0 Å². The molecule has 1 saturated heterocycles. The Morgan fingerprint density at radius 2 is 2.00 bits per heavy atom. The predicted octanol–water partition coefficient (Wildman–Crippen LogP) is 3.56. The van der Waals surface area contributed by atoms with E-state index in [-0.39, 0.29) is 11.6 Å². The Balaban J connectivity index is 2.30. The molecule has 1 fully saturated rings. The van der Waals surface area contributed by atoms with Gasteiger partial charge in [-0.25, -0.2) is 0 Å². The maximum absolute atomic E-state index is 6.16. The van der Waals surface area contributed by atoms with Gasteiger partial charge in [-0.15, -0.1) is 0 Å². The molecule has 1 aromatic carbocycles. The van der Waals surface area contributed by atoms with Crippen molar-refractivity contribution < 1.29 is 4.74 Å². The third-order valence-corrected chi connectivity index (χ3v) is 3.96. The Morgan fingerprint density at radius 1 is 1.41 bits per heavy atom. The Hall–Kier alpha value is -0.640. The lowest BCUT2D eigenvalue weighted by molar-refractivity contribution is 0.105. The fraction of sp³-hybridized carbons (Fsp3) is 0.500. The lowest BCUT2D eigenvalue weighted by Gasteiger charge is -2.31. The molecule has 2 rings (SSSR count). The first-order valence-corrected chi connectivity index (χ1v) is 6.32. The van der Waals surface area contributed by atoms with E-state index in [9.17, 15) is 0 Å². The first-order chi connectivity index (χ1) is 7.92. The SMILES string of the molecule is CC1OCCC1(C)Nc1c(Cl)cc(N)cc1Cl. The highest BCUT2D eigenvalue weighted by atomic mass is 35.5. The molecule has 1 aliphatic heterocycles. The van der Waals surface area contributed by atoms with Crippen LogP contribution in [-0.2, 0) is 4.74 Å². The van der Waals surface area contributed by atoms with E-state index in [1.54, 1.807) is 12.1 Å². The first kappa shape index (κ1) is 12.8. The van der Waals surface area contributed by atoms with Crippen LogP contribution in [0.25, 0.3) is 0 Å². The molecule has 1 aromatic rings. The second kappa shape index (κ2) is 4.56. The van der Waals surface area contributed by atoms with Crippen molar-refractivity contribution in [2.75, 3.05) is 17.7 Å². The van der Waals surface area contributed by atoms with Gasteiger partial charge in [-0.1, -0.05) is 23.2 Å². The average Bonchev–Trinajstić information content (AvgIpc) is 2.54. The molecule has 3 N–H and O–H groups in total. The fourth-order valence-corrected chi connectivity index (χ4v) is 2.60. The van der Waals surface area contributed by atoms with E-state index in [0.29, 0.717) is 15.7 Å². The van der Waals surface area contributed by atoms with Crippen molar-refractivity contribution in [1.29, 1.82) is 0 Å². The molecule has 0 aliphatic carbocycles. The zero-order chi connectivity index (χ0) is 12.6. The minimum atomic E-state index is -0.149. The van der Waals surface area contributed by atoms with Gasteiger partial charge in [-0.3, -0.25) is 0 Å². The molecular weight excluding hydrogens is 259 g/mol. The van der Waals surface area contributed by atoms with Crippen LogP contribution < -0.4 is 11.1 Å². The Morgan fingerprint density at radius 3 is 2.47 bits per heavy atom. The van der Waals surface area contributed by atoms with Gasteiger partial charge < -0.3 is 15.8 Å². The third-order valence-electron chi connectivity index (χ3n) is 3.36. The van der Waals surface area contributed by atoms with Crippen LogP contribution in [0.1, 0.15) is 20.3 Å². The van der Waals surface area contributed by atoms with Crippen LogP contribution in [0.2, 0.25) is 10.0 Å². The molecule has 1 aliphatic rings. The quantitative estimate of drug-likeness (QED) is 0.811. The average molecular weight is 275 g/mol. The molecule has 0 spiro atoms. The first-order valence-electron chi connectivity index (χ1n) is 5.57. The number of anilines is 2. The summed E-state index contributed by atoms with van der Waals surface area (Å²) < 4.78 is 5.57. The topological polar surface area (TPSA) is 47.3 Å². The number of hydrogen-bond acceptors (Lipinski definition) is 3. The molecule has 0 bridgehead atoms. The summed E-state index contributed by atoms with van der Waals surface area (Å²) >= 11 is 12.3. The number of nitrogens with two attached hydrogens (primary N) is 1. The summed E-state index contributed by atoms with van der Waals surface area (Å²) in [5, 5.41) is 4.46. The summed E-state index contributed by atoms with van der Waals surface area (Å²) in [5.74, 6) is 0. The van der Waals surface area contributed by atoms with Gasteiger partial charge in [0.25, 0.3) is 0 Å². The summed E-state index contributed by atoms with van der Waals surface area (Å²) in [4.78, 5) is 0. The van der Waals surface area contributed by atoms with Crippen molar-refractivity contribution in [1.82, 2.24) is 0 Å². The molecule has 0 amide bonds. The molecule has 3 nitrogen and oxygen atoms in total. The number of benzene rings is 1. The van der Waals surface area contributed by atoms with Gasteiger partial charge in [-0.2, -0.15) is 0 Å². The standard InChI is InChI=1S/C12H16Cl2N2O/c1-7-12(2,3-4-17-7)16-11-9(13)5-8(15)6-10(11)14/h5-7,16H,3-4,15H2,1-2H3. The van der Waals surface area contributed by atoms with E-state index in [1.807, 2.05) is 6.92 Å². The van der Waals surface area contributed by atoms with E-state index >= 15 is 0 Å². The normalized spacial score (nSPS) is 28.4. The third kappa shape index (κ3) is 2.46. The van der Waals surface area contributed by atoms with Crippen LogP contribution in [0.15, 0.2) is 12.1 Å². The fourth-order valence-electron chi connectivity index (χ4n) is 2.00. The Kier molecular flexibility index (Phi) is 3.43. The number of nitrogen functional groups attached to an aromatic ring is 1. The van der Waals surface area contributed by atoms with Gasteiger partial charge in [0, 0.05) is 12.3 Å². The summed E-state index contributed by atoms with van der Waals surface area (Å²) in [6.07, 6.45) is 1.04. The van der Waals surface area contributed by atoms with Crippen molar-refractivity contribution in [2.24, 2.45) is 0 Å². The minimum Gasteiger partial charge on any atom is -0.399 e. The van der Waals surface area contributed by atoms with Crippen LogP contribution in [0.5, 0.6) is 0 Å². The maximum atomic E-state index is 6.16. The van der Waals surface area contributed by atoms with Crippen LogP contribution >= 0.6 is 23.2 Å². The Labute approximate surface area is 111 Å². The van der Waals surface area contributed by atoms with Crippen LogP contribution in [-0.4, -0.2) is 18.2 Å². The molecule has 0 aromatic heterocycles. The highest BCUT2D eigenvalue weighted by molar-refractivity contribution is 6.39. The molecule has 17 heavy (non-hydrogen) atoms. The summed E-state index contributed by atoms with van der Waals surface area (Å²) in [6.45, 7) is 4.89. The van der Waals surface area contributed by atoms with Crippen molar-refractivity contribution in [3.8, 4) is 0 Å². The lowest BCUT2D eigenvalue weighted by atomic mass is 9.94. The molecule has 0 radical (unpaired) electrons. The zero-order valence-corrected chi connectivity index (χ0v) is 11.4. The number of halogens is 2. The van der Waals surface area contributed by atoms with E-state index in [2.05, 4.69) is 12.2 Å². The number of nitrogens with one attached hydrogen (secondary N) is 1. The van der Waals surface area contributed by atoms with Crippen molar-refractivity contribution in [2.45, 2.75) is 31.9 Å². The van der Waals surface area contributed by atoms with Gasteiger partial charge in [0.1, 0.15) is 0 Å². The van der Waals surface area contributed by atoms with Gasteiger partial charge in [-0.05, 0) is 32.4 Å². The molecule has 2 atom stereocenters. The number of rotatable bonds is 2. The van der Waals surface area contributed by atoms with Crippen LogP contribution in [0, 0.1) is 0 Å². The van der Waals surface area contributed by atoms with E-state index < -0.39 is 0 Å². The minimum absolute atomic E-state index is 0.118. The highest BCUT2D eigenvalue weighted by Crippen LogP contribution is 2.38. The van der Waals surface area contributed by atoms with Crippen molar-refractivity contribution in [3.05, 3.63) is 22.2 Å². The van der Waals surface area contributed by atoms with Gasteiger partial charge in [0.2, 0.25) is 0 Å². The molecule has 0 saturated carbocycles. The molecule has 94 valence electrons. The monoisotopic (exact) mass is 274 g/mol. The molecule has 1 heterocycles. The molecule has 2 unspecified atom stereocenters.